The second-order valence-corrected chi connectivity index (χ2v) is 2.80. The van der Waals surface area contributed by atoms with E-state index in [9.17, 15) is 9.18 Å². The Morgan fingerprint density at radius 1 is 1.29 bits per heavy atom. The molecule has 0 aliphatic heterocycles. The third-order valence-electron chi connectivity index (χ3n) is 1.85. The molecule has 2 rings (SSSR count). The van der Waals surface area contributed by atoms with Gasteiger partial charge in [-0.3, -0.25) is 4.79 Å². The molecule has 0 amide bonds. The van der Waals surface area contributed by atoms with Gasteiger partial charge in [0.2, 0.25) is 0 Å². The smallest absolute Gasteiger partial charge is 0.170 e. The van der Waals surface area contributed by atoms with Crippen LogP contribution < -0.4 is 0 Å². The first-order valence-corrected chi connectivity index (χ1v) is 4.05. The number of imidazole rings is 1. The molecular weight excluding hydrogens is 183 g/mol. The quantitative estimate of drug-likeness (QED) is 0.677. The van der Waals surface area contributed by atoms with E-state index in [1.165, 1.54) is 18.5 Å². The van der Waals surface area contributed by atoms with Crippen LogP contribution in [0.4, 0.5) is 4.39 Å². The maximum atomic E-state index is 12.6. The molecule has 14 heavy (non-hydrogen) atoms. The minimum atomic E-state index is -0.288. The van der Waals surface area contributed by atoms with Crippen LogP contribution in [0.15, 0.2) is 36.8 Å². The highest BCUT2D eigenvalue weighted by molar-refractivity contribution is 5.71. The molecule has 0 aliphatic rings. The van der Waals surface area contributed by atoms with Crippen molar-refractivity contribution in [1.82, 2.24) is 9.55 Å². The summed E-state index contributed by atoms with van der Waals surface area (Å²) in [6.07, 6.45) is 3.76. The van der Waals surface area contributed by atoms with Crippen molar-refractivity contribution in [2.45, 2.75) is 0 Å². The minimum Gasteiger partial charge on any atom is -0.306 e. The predicted octanol–water partition coefficient (Wildman–Crippen LogP) is 1.82. The molecule has 4 heteroatoms. The van der Waals surface area contributed by atoms with Gasteiger partial charge in [0.1, 0.15) is 17.8 Å². The molecule has 70 valence electrons. The number of carbonyl (C=O) groups excluding carboxylic acids is 1. The number of aldehydes is 1. The highest BCUT2D eigenvalue weighted by Crippen LogP contribution is 2.08. The van der Waals surface area contributed by atoms with Crippen molar-refractivity contribution in [1.29, 1.82) is 0 Å². The Morgan fingerprint density at radius 2 is 2.00 bits per heavy atom. The molecule has 0 aliphatic carbocycles. The van der Waals surface area contributed by atoms with Crippen molar-refractivity contribution in [2.75, 3.05) is 0 Å². The largest absolute Gasteiger partial charge is 0.306 e. The van der Waals surface area contributed by atoms with Crippen molar-refractivity contribution in [3.8, 4) is 5.69 Å². The molecule has 0 unspecified atom stereocenters. The summed E-state index contributed by atoms with van der Waals surface area (Å²) in [5.74, 6) is -0.288. The molecule has 0 atom stereocenters. The van der Waals surface area contributed by atoms with E-state index in [2.05, 4.69) is 4.98 Å². The molecule has 0 saturated carbocycles. The number of hydrogen-bond acceptors (Lipinski definition) is 2. The molecule has 1 heterocycles. The van der Waals surface area contributed by atoms with Crippen LogP contribution in [0.3, 0.4) is 0 Å². The third-order valence-corrected chi connectivity index (χ3v) is 1.85. The van der Waals surface area contributed by atoms with Gasteiger partial charge in [0.15, 0.2) is 6.29 Å². The van der Waals surface area contributed by atoms with E-state index in [1.54, 1.807) is 22.9 Å². The lowest BCUT2D eigenvalue weighted by Gasteiger charge is -1.99. The van der Waals surface area contributed by atoms with Crippen molar-refractivity contribution < 1.29 is 9.18 Å². The fourth-order valence-electron chi connectivity index (χ4n) is 1.15. The van der Waals surface area contributed by atoms with Gasteiger partial charge in [-0.25, -0.2) is 9.37 Å². The van der Waals surface area contributed by atoms with Crippen LogP contribution in [0.2, 0.25) is 0 Å². The molecule has 0 fully saturated rings. The highest BCUT2D eigenvalue weighted by Gasteiger charge is 1.99. The number of benzene rings is 1. The Bertz CT molecular complexity index is 447. The molecule has 0 bridgehead atoms. The number of rotatable bonds is 2. The van der Waals surface area contributed by atoms with Gasteiger partial charge in [0, 0.05) is 11.9 Å². The first-order valence-electron chi connectivity index (χ1n) is 4.05. The van der Waals surface area contributed by atoms with Crippen molar-refractivity contribution >= 4 is 6.29 Å². The van der Waals surface area contributed by atoms with Crippen LogP contribution >= 0.6 is 0 Å². The summed E-state index contributed by atoms with van der Waals surface area (Å²) < 4.78 is 14.2. The normalized spacial score (nSPS) is 10.1. The van der Waals surface area contributed by atoms with E-state index in [0.717, 1.165) is 5.69 Å². The molecule has 1 aromatic heterocycles. The maximum absolute atomic E-state index is 12.6. The Kier molecular flexibility index (Phi) is 2.10. The summed E-state index contributed by atoms with van der Waals surface area (Å²) in [6.45, 7) is 0. The Balaban J connectivity index is 2.39. The average Bonchev–Trinajstić information content (AvgIpc) is 2.67. The number of halogens is 1. The number of hydrogen-bond donors (Lipinski definition) is 0. The first-order chi connectivity index (χ1) is 6.79. The molecule has 3 nitrogen and oxygen atoms in total. The zero-order chi connectivity index (χ0) is 9.97. The Labute approximate surface area is 79.8 Å². The van der Waals surface area contributed by atoms with E-state index in [1.807, 2.05) is 0 Å². The number of aromatic nitrogens is 2. The Hall–Kier alpha value is -1.97. The fraction of sp³-hybridized carbons (Fsp3) is 0. The van der Waals surface area contributed by atoms with Gasteiger partial charge < -0.3 is 4.57 Å². The van der Waals surface area contributed by atoms with Crippen LogP contribution in [-0.2, 0) is 0 Å². The third kappa shape index (κ3) is 1.54. The highest BCUT2D eigenvalue weighted by atomic mass is 19.1. The maximum Gasteiger partial charge on any atom is 0.170 e. The van der Waals surface area contributed by atoms with Gasteiger partial charge in [-0.15, -0.1) is 0 Å². The van der Waals surface area contributed by atoms with Crippen molar-refractivity contribution in [2.24, 2.45) is 0 Å². The lowest BCUT2D eigenvalue weighted by atomic mass is 10.3. The zero-order valence-electron chi connectivity index (χ0n) is 7.22. The van der Waals surface area contributed by atoms with Gasteiger partial charge in [-0.05, 0) is 24.3 Å². The van der Waals surface area contributed by atoms with Gasteiger partial charge in [0.25, 0.3) is 0 Å². The van der Waals surface area contributed by atoms with Gasteiger partial charge in [-0.2, -0.15) is 0 Å². The minimum absolute atomic E-state index is 0.288. The average molecular weight is 190 g/mol. The van der Waals surface area contributed by atoms with Crippen LogP contribution in [0.1, 0.15) is 10.5 Å². The van der Waals surface area contributed by atoms with E-state index < -0.39 is 0 Å². The predicted molar refractivity (Wildman–Crippen MR) is 48.9 cm³/mol. The topological polar surface area (TPSA) is 34.9 Å². The standard InChI is InChI=1S/C10H7FN2O/c11-8-1-3-10(4-2-8)13-5-9(6-14)12-7-13/h1-7H. The van der Waals surface area contributed by atoms with Crippen molar-refractivity contribution in [3.05, 3.63) is 48.3 Å². The Morgan fingerprint density at radius 3 is 2.57 bits per heavy atom. The monoisotopic (exact) mass is 190 g/mol. The van der Waals surface area contributed by atoms with E-state index in [0.29, 0.717) is 12.0 Å². The molecular formula is C10H7FN2O. The summed E-state index contributed by atoms with van der Waals surface area (Å²) in [5, 5.41) is 0. The van der Waals surface area contributed by atoms with Crippen molar-refractivity contribution in [3.63, 3.8) is 0 Å². The molecule has 0 radical (unpaired) electrons. The summed E-state index contributed by atoms with van der Waals surface area (Å²) in [7, 11) is 0. The zero-order valence-corrected chi connectivity index (χ0v) is 7.22. The first kappa shape index (κ1) is 8.62. The van der Waals surface area contributed by atoms with E-state index in [4.69, 9.17) is 0 Å². The van der Waals surface area contributed by atoms with Crippen LogP contribution in [-0.4, -0.2) is 15.8 Å². The number of nitrogens with zero attached hydrogens (tertiary/aromatic N) is 2. The summed E-state index contributed by atoms with van der Waals surface area (Å²) >= 11 is 0. The SMILES string of the molecule is O=Cc1cn(-c2ccc(F)cc2)cn1. The summed E-state index contributed by atoms with van der Waals surface area (Å²) in [6, 6.07) is 5.95. The van der Waals surface area contributed by atoms with Gasteiger partial charge in [0.05, 0.1) is 0 Å². The number of carbonyl (C=O) groups is 1. The van der Waals surface area contributed by atoms with E-state index in [-0.39, 0.29) is 5.82 Å². The molecule has 0 spiro atoms. The summed E-state index contributed by atoms with van der Waals surface area (Å²) in [4.78, 5) is 14.2. The van der Waals surface area contributed by atoms with E-state index >= 15 is 0 Å². The van der Waals surface area contributed by atoms with Crippen LogP contribution in [0, 0.1) is 5.82 Å². The van der Waals surface area contributed by atoms with Gasteiger partial charge >= 0.3 is 0 Å². The molecule has 1 aromatic carbocycles. The van der Waals surface area contributed by atoms with Crippen LogP contribution in [0.25, 0.3) is 5.69 Å². The molecule has 0 N–H and O–H groups in total. The van der Waals surface area contributed by atoms with Crippen LogP contribution in [0.5, 0.6) is 0 Å². The molecule has 2 aromatic rings. The fourth-order valence-corrected chi connectivity index (χ4v) is 1.15. The molecule has 0 saturated heterocycles. The lowest BCUT2D eigenvalue weighted by Crippen LogP contribution is -1.89. The second kappa shape index (κ2) is 3.41. The van der Waals surface area contributed by atoms with Gasteiger partial charge in [-0.1, -0.05) is 0 Å². The summed E-state index contributed by atoms with van der Waals surface area (Å²) in [5.41, 5.74) is 1.13. The lowest BCUT2D eigenvalue weighted by molar-refractivity contribution is 0.111. The second-order valence-electron chi connectivity index (χ2n) is 2.80.